The first kappa shape index (κ1) is 19.8. The lowest BCUT2D eigenvalue weighted by Gasteiger charge is -2.35. The van der Waals surface area contributed by atoms with Gasteiger partial charge in [-0.05, 0) is 30.5 Å². The third-order valence-corrected chi connectivity index (χ3v) is 6.21. The summed E-state index contributed by atoms with van der Waals surface area (Å²) in [5.41, 5.74) is 4.93. The van der Waals surface area contributed by atoms with Crippen LogP contribution >= 0.6 is 0 Å². The van der Waals surface area contributed by atoms with Crippen LogP contribution in [0.25, 0.3) is 11.3 Å². The lowest BCUT2D eigenvalue weighted by atomic mass is 10.00. The van der Waals surface area contributed by atoms with Gasteiger partial charge in [0.1, 0.15) is 5.82 Å². The first-order valence-corrected chi connectivity index (χ1v) is 11.3. The average Bonchev–Trinajstić information content (AvgIpc) is 3.25. The summed E-state index contributed by atoms with van der Waals surface area (Å²) in [6.07, 6.45) is 5.92. The van der Waals surface area contributed by atoms with E-state index < -0.39 is 0 Å². The molecule has 1 aromatic heterocycles. The summed E-state index contributed by atoms with van der Waals surface area (Å²) < 4.78 is 2.38. The standard InChI is InChI=1S/C28H29N3/c1-4-12-23(13-5-1)20-30-19-11-10-18-27(30)28-29-26(25-16-8-3-9-17-25)22-31(28)21-24-14-6-2-7-15-24/h1-9,12-17,22,27H,10-11,18-21H2. The molecule has 2 heterocycles. The fourth-order valence-electron chi connectivity index (χ4n) is 4.64. The van der Waals surface area contributed by atoms with Crippen LogP contribution < -0.4 is 0 Å². The smallest absolute Gasteiger partial charge is 0.127 e. The van der Waals surface area contributed by atoms with Crippen LogP contribution in [-0.2, 0) is 13.1 Å². The van der Waals surface area contributed by atoms with E-state index in [1.165, 1.54) is 35.4 Å². The van der Waals surface area contributed by atoms with Gasteiger partial charge in [0.15, 0.2) is 0 Å². The molecule has 3 nitrogen and oxygen atoms in total. The van der Waals surface area contributed by atoms with Crippen LogP contribution in [0, 0.1) is 0 Å². The van der Waals surface area contributed by atoms with Crippen LogP contribution in [0.3, 0.4) is 0 Å². The first-order valence-electron chi connectivity index (χ1n) is 11.3. The highest BCUT2D eigenvalue weighted by Crippen LogP contribution is 2.33. The van der Waals surface area contributed by atoms with Crippen LogP contribution in [0.15, 0.2) is 97.2 Å². The van der Waals surface area contributed by atoms with Crippen molar-refractivity contribution in [3.8, 4) is 11.3 Å². The van der Waals surface area contributed by atoms with Gasteiger partial charge in [0.05, 0.1) is 11.7 Å². The van der Waals surface area contributed by atoms with Gasteiger partial charge in [-0.25, -0.2) is 4.98 Å². The van der Waals surface area contributed by atoms with E-state index in [2.05, 4.69) is 107 Å². The Kier molecular flexibility index (Phi) is 5.94. The number of rotatable bonds is 6. The van der Waals surface area contributed by atoms with E-state index in [0.29, 0.717) is 6.04 Å². The Labute approximate surface area is 185 Å². The minimum Gasteiger partial charge on any atom is -0.329 e. The van der Waals surface area contributed by atoms with Crippen molar-refractivity contribution in [3.05, 3.63) is 114 Å². The molecule has 0 spiro atoms. The maximum atomic E-state index is 5.21. The van der Waals surface area contributed by atoms with Crippen molar-refractivity contribution < 1.29 is 0 Å². The predicted molar refractivity (Wildman–Crippen MR) is 127 cm³/mol. The van der Waals surface area contributed by atoms with Gasteiger partial charge in [0.25, 0.3) is 0 Å². The SMILES string of the molecule is c1ccc(CN2CCCCC2c2nc(-c3ccccc3)cn2Cc2ccccc2)cc1. The molecule has 0 aliphatic carbocycles. The Hall–Kier alpha value is -3.17. The monoisotopic (exact) mass is 407 g/mol. The first-order chi connectivity index (χ1) is 15.4. The van der Waals surface area contributed by atoms with Crippen LogP contribution in [0.2, 0.25) is 0 Å². The molecule has 0 radical (unpaired) electrons. The van der Waals surface area contributed by atoms with E-state index >= 15 is 0 Å². The number of hydrogen-bond acceptors (Lipinski definition) is 2. The molecule has 1 aliphatic rings. The summed E-state index contributed by atoms with van der Waals surface area (Å²) >= 11 is 0. The van der Waals surface area contributed by atoms with Crippen molar-refractivity contribution >= 4 is 0 Å². The van der Waals surface area contributed by atoms with E-state index in [0.717, 1.165) is 31.7 Å². The van der Waals surface area contributed by atoms with E-state index in [4.69, 9.17) is 4.98 Å². The highest BCUT2D eigenvalue weighted by Gasteiger charge is 2.28. The molecule has 0 N–H and O–H groups in total. The summed E-state index contributed by atoms with van der Waals surface area (Å²) in [7, 11) is 0. The minimum atomic E-state index is 0.343. The van der Waals surface area contributed by atoms with Crippen molar-refractivity contribution in [2.75, 3.05) is 6.54 Å². The van der Waals surface area contributed by atoms with Crippen molar-refractivity contribution in [1.29, 1.82) is 0 Å². The summed E-state index contributed by atoms with van der Waals surface area (Å²) in [6, 6.07) is 32.5. The molecule has 4 aromatic rings. The number of piperidine rings is 1. The molecule has 156 valence electrons. The summed E-state index contributed by atoms with van der Waals surface area (Å²) in [5, 5.41) is 0. The molecular weight excluding hydrogens is 378 g/mol. The molecule has 0 bridgehead atoms. The number of likely N-dealkylation sites (tertiary alicyclic amines) is 1. The van der Waals surface area contributed by atoms with Crippen LogP contribution in [0.5, 0.6) is 0 Å². The summed E-state index contributed by atoms with van der Waals surface area (Å²) in [4.78, 5) is 7.84. The Balaban J connectivity index is 1.51. The topological polar surface area (TPSA) is 21.1 Å². The number of hydrogen-bond donors (Lipinski definition) is 0. The maximum Gasteiger partial charge on any atom is 0.127 e. The van der Waals surface area contributed by atoms with Gasteiger partial charge in [-0.1, -0.05) is 97.4 Å². The van der Waals surface area contributed by atoms with Gasteiger partial charge in [-0.15, -0.1) is 0 Å². The fraction of sp³-hybridized carbons (Fsp3) is 0.250. The molecule has 1 fully saturated rings. The lowest BCUT2D eigenvalue weighted by Crippen LogP contribution is -2.34. The van der Waals surface area contributed by atoms with Crippen LogP contribution in [0.4, 0.5) is 0 Å². The molecule has 0 amide bonds. The second-order valence-corrected chi connectivity index (χ2v) is 8.43. The van der Waals surface area contributed by atoms with E-state index in [1.807, 2.05) is 0 Å². The highest BCUT2D eigenvalue weighted by atomic mass is 15.2. The molecule has 1 atom stereocenters. The van der Waals surface area contributed by atoms with Gasteiger partial charge in [0, 0.05) is 24.8 Å². The third kappa shape index (κ3) is 4.62. The molecule has 1 saturated heterocycles. The summed E-state index contributed by atoms with van der Waals surface area (Å²) in [5.74, 6) is 1.19. The number of nitrogens with zero attached hydrogens (tertiary/aromatic N) is 3. The van der Waals surface area contributed by atoms with Crippen molar-refractivity contribution in [1.82, 2.24) is 14.5 Å². The van der Waals surface area contributed by atoms with Gasteiger partial charge < -0.3 is 4.57 Å². The molecule has 1 aliphatic heterocycles. The molecule has 5 rings (SSSR count). The Morgan fingerprint density at radius 1 is 0.710 bits per heavy atom. The Morgan fingerprint density at radius 3 is 2.00 bits per heavy atom. The second-order valence-electron chi connectivity index (χ2n) is 8.43. The lowest BCUT2D eigenvalue weighted by molar-refractivity contribution is 0.131. The molecular formula is C28H29N3. The maximum absolute atomic E-state index is 5.21. The normalized spacial score (nSPS) is 17.0. The zero-order valence-corrected chi connectivity index (χ0v) is 17.9. The number of imidazole rings is 1. The Bertz CT molecular complexity index is 1090. The van der Waals surface area contributed by atoms with Crippen LogP contribution in [0.1, 0.15) is 42.3 Å². The van der Waals surface area contributed by atoms with E-state index in [9.17, 15) is 0 Å². The molecule has 1 unspecified atom stereocenters. The van der Waals surface area contributed by atoms with Gasteiger partial charge in [0.2, 0.25) is 0 Å². The summed E-state index contributed by atoms with van der Waals surface area (Å²) in [6.45, 7) is 2.95. The molecule has 3 aromatic carbocycles. The predicted octanol–water partition coefficient (Wildman–Crippen LogP) is 6.33. The third-order valence-electron chi connectivity index (χ3n) is 6.21. The van der Waals surface area contributed by atoms with Crippen LogP contribution in [-0.4, -0.2) is 21.0 Å². The van der Waals surface area contributed by atoms with E-state index in [1.54, 1.807) is 0 Å². The second kappa shape index (κ2) is 9.32. The van der Waals surface area contributed by atoms with Crippen molar-refractivity contribution in [3.63, 3.8) is 0 Å². The number of aromatic nitrogens is 2. The fourth-order valence-corrected chi connectivity index (χ4v) is 4.64. The zero-order chi connectivity index (χ0) is 20.9. The van der Waals surface area contributed by atoms with E-state index in [-0.39, 0.29) is 0 Å². The molecule has 3 heteroatoms. The van der Waals surface area contributed by atoms with Gasteiger partial charge in [-0.2, -0.15) is 0 Å². The zero-order valence-electron chi connectivity index (χ0n) is 17.9. The largest absolute Gasteiger partial charge is 0.329 e. The number of benzene rings is 3. The minimum absolute atomic E-state index is 0.343. The average molecular weight is 408 g/mol. The van der Waals surface area contributed by atoms with Gasteiger partial charge >= 0.3 is 0 Å². The molecule has 0 saturated carbocycles. The van der Waals surface area contributed by atoms with Crippen molar-refractivity contribution in [2.24, 2.45) is 0 Å². The highest BCUT2D eigenvalue weighted by molar-refractivity contribution is 5.58. The van der Waals surface area contributed by atoms with Gasteiger partial charge in [-0.3, -0.25) is 4.90 Å². The Morgan fingerprint density at radius 2 is 1.32 bits per heavy atom. The molecule has 31 heavy (non-hydrogen) atoms. The van der Waals surface area contributed by atoms with Crippen molar-refractivity contribution in [2.45, 2.75) is 38.4 Å². The quantitative estimate of drug-likeness (QED) is 0.373.